The van der Waals surface area contributed by atoms with E-state index in [4.69, 9.17) is 23.7 Å². The van der Waals surface area contributed by atoms with Crippen molar-refractivity contribution in [2.24, 2.45) is 0 Å². The van der Waals surface area contributed by atoms with Crippen molar-refractivity contribution in [3.8, 4) is 23.0 Å². The normalized spacial score (nSPS) is 27.8. The molecule has 1 fully saturated rings. The number of aliphatic hydroxyl groups is 4. The molecule has 11 heteroatoms. The molecule has 0 aromatic heterocycles. The lowest BCUT2D eigenvalue weighted by Gasteiger charge is -2.40. The Morgan fingerprint density at radius 1 is 1.06 bits per heavy atom. The van der Waals surface area contributed by atoms with Gasteiger partial charge in [0.1, 0.15) is 59.1 Å². The van der Waals surface area contributed by atoms with Crippen LogP contribution in [0.3, 0.4) is 0 Å². The molecule has 0 amide bonds. The molecule has 196 valence electrons. The van der Waals surface area contributed by atoms with Gasteiger partial charge in [0.05, 0.1) is 32.3 Å². The molecule has 0 aliphatic carbocycles. The van der Waals surface area contributed by atoms with Gasteiger partial charge in [-0.15, -0.1) is 0 Å². The highest BCUT2D eigenvalue weighted by atomic mass is 16.7. The van der Waals surface area contributed by atoms with E-state index in [2.05, 4.69) is 0 Å². The maximum atomic E-state index is 13.1. The van der Waals surface area contributed by atoms with Crippen LogP contribution in [0.4, 0.5) is 0 Å². The third-order valence-corrected chi connectivity index (χ3v) is 6.47. The van der Waals surface area contributed by atoms with Crippen molar-refractivity contribution < 1.29 is 54.0 Å². The smallest absolute Gasteiger partial charge is 0.229 e. The van der Waals surface area contributed by atoms with Gasteiger partial charge in [0.25, 0.3) is 0 Å². The summed E-state index contributed by atoms with van der Waals surface area (Å²) in [6.07, 6.45) is -8.24. The number of methoxy groups -OCH3 is 2. The summed E-state index contributed by atoms with van der Waals surface area (Å²) in [7, 11) is 2.94. The molecular formula is C25H30O11. The van der Waals surface area contributed by atoms with Crippen LogP contribution in [0.1, 0.15) is 39.6 Å². The molecule has 2 heterocycles. The predicted molar refractivity (Wildman–Crippen MR) is 123 cm³/mol. The third kappa shape index (κ3) is 4.61. The number of hydrogen-bond acceptors (Lipinski definition) is 11. The van der Waals surface area contributed by atoms with Crippen molar-refractivity contribution in [1.29, 1.82) is 0 Å². The van der Waals surface area contributed by atoms with E-state index in [0.29, 0.717) is 11.3 Å². The van der Waals surface area contributed by atoms with Crippen molar-refractivity contribution in [2.45, 2.75) is 56.8 Å². The zero-order chi connectivity index (χ0) is 26.1. The molecule has 2 aliphatic rings. The van der Waals surface area contributed by atoms with E-state index in [1.807, 2.05) is 0 Å². The number of fused-ring (bicyclic) bond motifs is 1. The zero-order valence-corrected chi connectivity index (χ0v) is 20.1. The molecular weight excluding hydrogens is 476 g/mol. The minimum absolute atomic E-state index is 0.00827. The molecule has 6 atom stereocenters. The lowest BCUT2D eigenvalue weighted by molar-refractivity contribution is -0.277. The van der Waals surface area contributed by atoms with Crippen molar-refractivity contribution in [3.05, 3.63) is 46.5 Å². The Balaban J connectivity index is 1.74. The zero-order valence-electron chi connectivity index (χ0n) is 20.1. The fourth-order valence-electron chi connectivity index (χ4n) is 4.47. The Labute approximate surface area is 207 Å². The minimum atomic E-state index is -1.68. The van der Waals surface area contributed by atoms with Gasteiger partial charge in [0, 0.05) is 12.7 Å². The molecule has 5 N–H and O–H groups in total. The summed E-state index contributed by atoms with van der Waals surface area (Å²) in [4.78, 5) is 13.1. The van der Waals surface area contributed by atoms with E-state index >= 15 is 0 Å². The summed E-state index contributed by atoms with van der Waals surface area (Å²) >= 11 is 0. The second-order valence-electron chi connectivity index (χ2n) is 8.74. The Bertz CT molecular complexity index is 1100. The van der Waals surface area contributed by atoms with E-state index in [1.165, 1.54) is 7.11 Å². The van der Waals surface area contributed by atoms with Crippen LogP contribution < -0.4 is 14.2 Å². The Morgan fingerprint density at radius 2 is 1.75 bits per heavy atom. The molecule has 1 saturated heterocycles. The van der Waals surface area contributed by atoms with Crippen molar-refractivity contribution >= 4 is 5.78 Å². The van der Waals surface area contributed by atoms with Gasteiger partial charge in [-0.1, -0.05) is 12.1 Å². The number of ketones is 1. The molecule has 2 aromatic rings. The van der Waals surface area contributed by atoms with Crippen LogP contribution in [0.5, 0.6) is 23.0 Å². The predicted octanol–water partition coefficient (Wildman–Crippen LogP) is 0.741. The highest BCUT2D eigenvalue weighted by Crippen LogP contribution is 2.49. The molecule has 2 aromatic carbocycles. The Kier molecular flexibility index (Phi) is 7.69. The van der Waals surface area contributed by atoms with E-state index in [9.17, 15) is 30.3 Å². The number of ether oxygens (including phenoxy) is 5. The Hall–Kier alpha value is -2.93. The second kappa shape index (κ2) is 10.6. The first kappa shape index (κ1) is 26.1. The standard InChI is InChI=1S/C25H30O11/c1-11-23(36-25-22(31)21(30)20(29)17(9-26)35-25)14(10-32-2)19(28)18-15(27)8-16(34-24(11)18)12-4-6-13(33-3)7-5-12/h4-7,16-17,20-22,25-26,28-31H,8-10H2,1-3H3. The van der Waals surface area contributed by atoms with Gasteiger partial charge in [-0.2, -0.15) is 0 Å². The average molecular weight is 507 g/mol. The highest BCUT2D eigenvalue weighted by molar-refractivity contribution is 6.04. The lowest BCUT2D eigenvalue weighted by Crippen LogP contribution is -2.60. The molecule has 0 saturated carbocycles. The highest BCUT2D eigenvalue weighted by Gasteiger charge is 2.45. The number of phenolic OH excluding ortho intramolecular Hbond substituents is 1. The van der Waals surface area contributed by atoms with E-state index in [1.54, 1.807) is 38.3 Å². The van der Waals surface area contributed by atoms with E-state index in [0.717, 1.165) is 5.56 Å². The molecule has 6 unspecified atom stereocenters. The number of hydrogen-bond donors (Lipinski definition) is 5. The summed E-state index contributed by atoms with van der Waals surface area (Å²) in [5, 5.41) is 51.2. The molecule has 0 radical (unpaired) electrons. The van der Waals surface area contributed by atoms with Gasteiger partial charge < -0.3 is 49.2 Å². The molecule has 0 bridgehead atoms. The first-order chi connectivity index (χ1) is 17.2. The van der Waals surface area contributed by atoms with Crippen molar-refractivity contribution in [1.82, 2.24) is 0 Å². The second-order valence-corrected chi connectivity index (χ2v) is 8.74. The lowest BCUT2D eigenvalue weighted by atomic mass is 9.91. The largest absolute Gasteiger partial charge is 0.507 e. The average Bonchev–Trinajstić information content (AvgIpc) is 2.88. The fourth-order valence-corrected chi connectivity index (χ4v) is 4.47. The first-order valence-electron chi connectivity index (χ1n) is 11.4. The van der Waals surface area contributed by atoms with Gasteiger partial charge in [-0.25, -0.2) is 0 Å². The van der Waals surface area contributed by atoms with E-state index in [-0.39, 0.29) is 41.4 Å². The van der Waals surface area contributed by atoms with Gasteiger partial charge in [0.15, 0.2) is 5.78 Å². The maximum Gasteiger partial charge on any atom is 0.229 e. The first-order valence-corrected chi connectivity index (χ1v) is 11.4. The molecule has 0 spiro atoms. The van der Waals surface area contributed by atoms with Crippen LogP contribution in [0.15, 0.2) is 24.3 Å². The fraction of sp³-hybridized carbons (Fsp3) is 0.480. The van der Waals surface area contributed by atoms with Crippen LogP contribution >= 0.6 is 0 Å². The van der Waals surface area contributed by atoms with Crippen LogP contribution in [-0.2, 0) is 16.1 Å². The number of Topliss-reactive ketones (excluding diaryl/α,β-unsaturated/α-hetero) is 1. The number of aliphatic hydroxyl groups excluding tert-OH is 4. The van der Waals surface area contributed by atoms with Gasteiger partial charge in [-0.3, -0.25) is 4.79 Å². The number of benzene rings is 2. The maximum absolute atomic E-state index is 13.1. The SMILES string of the molecule is COCc1c(O)c2c(c(C)c1OC1OC(CO)C(O)C(O)C1O)OC(c1ccc(OC)cc1)CC2=O. The van der Waals surface area contributed by atoms with Crippen LogP contribution in [0.25, 0.3) is 0 Å². The molecule has 4 rings (SSSR count). The van der Waals surface area contributed by atoms with Gasteiger partial charge >= 0.3 is 0 Å². The number of phenols is 1. The topological polar surface area (TPSA) is 164 Å². The van der Waals surface area contributed by atoms with Crippen LogP contribution in [-0.4, -0.2) is 82.8 Å². The number of carbonyl (C=O) groups excluding carboxylic acids is 1. The number of aromatic hydroxyl groups is 1. The van der Waals surface area contributed by atoms with Crippen LogP contribution in [0, 0.1) is 6.92 Å². The monoisotopic (exact) mass is 506 g/mol. The van der Waals surface area contributed by atoms with Crippen molar-refractivity contribution in [3.63, 3.8) is 0 Å². The van der Waals surface area contributed by atoms with Crippen LogP contribution in [0.2, 0.25) is 0 Å². The third-order valence-electron chi connectivity index (χ3n) is 6.47. The van der Waals surface area contributed by atoms with Gasteiger partial charge in [0.2, 0.25) is 6.29 Å². The summed E-state index contributed by atoms with van der Waals surface area (Å²) < 4.78 is 27.9. The summed E-state index contributed by atoms with van der Waals surface area (Å²) in [5.74, 6) is 0.0313. The molecule has 2 aliphatic heterocycles. The molecule has 11 nitrogen and oxygen atoms in total. The summed E-state index contributed by atoms with van der Waals surface area (Å²) in [6.45, 7) is 0.827. The quantitative estimate of drug-likeness (QED) is 0.360. The van der Waals surface area contributed by atoms with E-state index < -0.39 is 49.2 Å². The number of carbonyl (C=O) groups is 1. The minimum Gasteiger partial charge on any atom is -0.507 e. The van der Waals surface area contributed by atoms with Gasteiger partial charge in [-0.05, 0) is 24.6 Å². The van der Waals surface area contributed by atoms with Crippen molar-refractivity contribution in [2.75, 3.05) is 20.8 Å². The summed E-state index contributed by atoms with van der Waals surface area (Å²) in [6, 6.07) is 7.06. The Morgan fingerprint density at radius 3 is 2.36 bits per heavy atom. The molecule has 36 heavy (non-hydrogen) atoms. The number of rotatable bonds is 7. The summed E-state index contributed by atoms with van der Waals surface area (Å²) in [5.41, 5.74) is 1.17.